The minimum Gasteiger partial charge on any atom is -0.357 e. The first-order valence-corrected chi connectivity index (χ1v) is 10.2. The van der Waals surface area contributed by atoms with Crippen molar-refractivity contribution < 1.29 is 0 Å². The maximum atomic E-state index is 3.75. The standard InChI is InChI=1S/C25H23N3.ClH/c1-2-28-22-10-6-4-8-18(22)20-15-16(11-12-23(20)28)24-25-19(13-14-26-24)17-7-3-5-9-21(17)27-25;/h3-12,15,24,26-27H,2,13-14H2,1H3;1H. The fourth-order valence-electron chi connectivity index (χ4n) is 5.06. The summed E-state index contributed by atoms with van der Waals surface area (Å²) in [5, 5.41) is 7.81. The zero-order chi connectivity index (χ0) is 18.7. The normalized spacial score (nSPS) is 16.2. The average molecular weight is 402 g/mol. The van der Waals surface area contributed by atoms with E-state index < -0.39 is 0 Å². The van der Waals surface area contributed by atoms with Crippen molar-refractivity contribution in [3.05, 3.63) is 83.6 Å². The number of rotatable bonds is 2. The summed E-state index contributed by atoms with van der Waals surface area (Å²) < 4.78 is 2.41. The van der Waals surface area contributed by atoms with Gasteiger partial charge in [-0.25, -0.2) is 0 Å². The van der Waals surface area contributed by atoms with E-state index in [9.17, 15) is 0 Å². The summed E-state index contributed by atoms with van der Waals surface area (Å²) >= 11 is 0. The van der Waals surface area contributed by atoms with Crippen LogP contribution < -0.4 is 5.32 Å². The molecule has 0 amide bonds. The number of aromatic amines is 1. The zero-order valence-corrected chi connectivity index (χ0v) is 17.2. The van der Waals surface area contributed by atoms with E-state index in [1.165, 1.54) is 49.5 Å². The minimum absolute atomic E-state index is 0. The van der Waals surface area contributed by atoms with Crippen LogP contribution in [0.15, 0.2) is 66.7 Å². The predicted molar refractivity (Wildman–Crippen MR) is 124 cm³/mol. The van der Waals surface area contributed by atoms with Crippen molar-refractivity contribution >= 4 is 45.1 Å². The van der Waals surface area contributed by atoms with E-state index >= 15 is 0 Å². The van der Waals surface area contributed by atoms with Crippen LogP contribution in [0, 0.1) is 0 Å². The van der Waals surface area contributed by atoms with E-state index in [0.29, 0.717) is 0 Å². The van der Waals surface area contributed by atoms with Crippen LogP contribution in [0.1, 0.15) is 29.8 Å². The van der Waals surface area contributed by atoms with E-state index in [2.05, 4.69) is 88.5 Å². The molecule has 146 valence electrons. The van der Waals surface area contributed by atoms with E-state index in [-0.39, 0.29) is 18.4 Å². The lowest BCUT2D eigenvalue weighted by Crippen LogP contribution is -2.30. The van der Waals surface area contributed by atoms with Gasteiger partial charge in [0.05, 0.1) is 6.04 Å². The Hall–Kier alpha value is -2.75. The summed E-state index contributed by atoms with van der Waals surface area (Å²) in [6.45, 7) is 4.21. The average Bonchev–Trinajstić information content (AvgIpc) is 3.28. The van der Waals surface area contributed by atoms with Crippen LogP contribution in [0.5, 0.6) is 0 Å². The molecule has 1 aliphatic heterocycles. The second-order valence-electron chi connectivity index (χ2n) is 7.74. The Morgan fingerprint density at radius 3 is 2.52 bits per heavy atom. The number of benzene rings is 3. The van der Waals surface area contributed by atoms with Gasteiger partial charge in [0.1, 0.15) is 0 Å². The Kier molecular flexibility index (Phi) is 4.38. The van der Waals surface area contributed by atoms with E-state index in [0.717, 1.165) is 19.5 Å². The maximum absolute atomic E-state index is 3.75. The molecule has 29 heavy (non-hydrogen) atoms. The first-order chi connectivity index (χ1) is 13.8. The number of nitrogens with one attached hydrogen (secondary N) is 2. The Morgan fingerprint density at radius 1 is 0.897 bits per heavy atom. The van der Waals surface area contributed by atoms with Crippen LogP contribution in [0.3, 0.4) is 0 Å². The van der Waals surface area contributed by atoms with E-state index in [1.807, 2.05) is 0 Å². The van der Waals surface area contributed by atoms with Gasteiger partial charge in [0.2, 0.25) is 0 Å². The summed E-state index contributed by atoms with van der Waals surface area (Å²) in [5.74, 6) is 0. The highest BCUT2D eigenvalue weighted by Gasteiger charge is 2.25. The van der Waals surface area contributed by atoms with Crippen molar-refractivity contribution in [2.45, 2.75) is 25.9 Å². The highest BCUT2D eigenvalue weighted by molar-refractivity contribution is 6.08. The summed E-state index contributed by atoms with van der Waals surface area (Å²) in [6.07, 6.45) is 1.08. The molecule has 1 unspecified atom stereocenters. The molecule has 2 N–H and O–H groups in total. The first-order valence-electron chi connectivity index (χ1n) is 10.2. The summed E-state index contributed by atoms with van der Waals surface area (Å²) in [7, 11) is 0. The van der Waals surface area contributed by atoms with Gasteiger partial charge in [-0.3, -0.25) is 0 Å². The number of H-pyrrole nitrogens is 1. The van der Waals surface area contributed by atoms with Crippen molar-refractivity contribution in [1.29, 1.82) is 0 Å². The molecule has 0 fully saturated rings. The molecular weight excluding hydrogens is 378 g/mol. The number of hydrogen-bond acceptors (Lipinski definition) is 1. The van der Waals surface area contributed by atoms with Crippen molar-refractivity contribution in [2.24, 2.45) is 0 Å². The molecule has 6 rings (SSSR count). The van der Waals surface area contributed by atoms with Gasteiger partial charge >= 0.3 is 0 Å². The molecule has 4 heteroatoms. The van der Waals surface area contributed by atoms with Gasteiger partial charge in [0.15, 0.2) is 0 Å². The quantitative estimate of drug-likeness (QED) is 0.376. The van der Waals surface area contributed by atoms with Crippen LogP contribution in [-0.4, -0.2) is 16.1 Å². The fraction of sp³-hybridized carbons (Fsp3) is 0.200. The number of aryl methyl sites for hydroxylation is 1. The van der Waals surface area contributed by atoms with Crippen molar-refractivity contribution in [1.82, 2.24) is 14.9 Å². The van der Waals surface area contributed by atoms with Gasteiger partial charge in [-0.15, -0.1) is 12.4 Å². The Morgan fingerprint density at radius 2 is 1.66 bits per heavy atom. The molecule has 1 aliphatic rings. The molecular formula is C25H24ClN3. The van der Waals surface area contributed by atoms with Gasteiger partial charge in [0.25, 0.3) is 0 Å². The Balaban J connectivity index is 0.00000181. The Labute approximate surface area is 176 Å². The molecule has 3 aromatic carbocycles. The third kappa shape index (κ3) is 2.61. The summed E-state index contributed by atoms with van der Waals surface area (Å²) in [5.41, 5.74) is 8.01. The van der Waals surface area contributed by atoms with E-state index in [4.69, 9.17) is 0 Å². The second-order valence-corrected chi connectivity index (χ2v) is 7.74. The van der Waals surface area contributed by atoms with Crippen LogP contribution in [0.2, 0.25) is 0 Å². The first kappa shape index (κ1) is 18.3. The highest BCUT2D eigenvalue weighted by Crippen LogP contribution is 2.36. The Bertz CT molecular complexity index is 1340. The number of aromatic nitrogens is 2. The number of nitrogens with zero attached hydrogens (tertiary/aromatic N) is 1. The second kappa shape index (κ2) is 6.94. The molecule has 0 spiro atoms. The molecule has 1 atom stereocenters. The van der Waals surface area contributed by atoms with Gasteiger partial charge in [-0.05, 0) is 48.7 Å². The van der Waals surface area contributed by atoms with Gasteiger partial charge in [-0.1, -0.05) is 42.5 Å². The number of fused-ring (bicyclic) bond motifs is 6. The smallest absolute Gasteiger partial charge is 0.0732 e. The van der Waals surface area contributed by atoms with Crippen molar-refractivity contribution in [3.8, 4) is 0 Å². The number of halogens is 1. The summed E-state index contributed by atoms with van der Waals surface area (Å²) in [4.78, 5) is 3.70. The molecule has 0 saturated carbocycles. The minimum atomic E-state index is 0. The molecule has 2 aromatic heterocycles. The zero-order valence-electron chi connectivity index (χ0n) is 16.4. The molecule has 3 heterocycles. The van der Waals surface area contributed by atoms with Crippen LogP contribution in [0.25, 0.3) is 32.7 Å². The third-order valence-electron chi connectivity index (χ3n) is 6.30. The van der Waals surface area contributed by atoms with Crippen LogP contribution in [-0.2, 0) is 13.0 Å². The van der Waals surface area contributed by atoms with Crippen molar-refractivity contribution in [2.75, 3.05) is 6.54 Å². The SMILES string of the molecule is CCn1c2ccccc2c2cc(C3NCCc4c3[nH]c3ccccc43)ccc21.Cl. The monoisotopic (exact) mass is 401 g/mol. The fourth-order valence-corrected chi connectivity index (χ4v) is 5.06. The predicted octanol–water partition coefficient (Wildman–Crippen LogP) is 5.95. The van der Waals surface area contributed by atoms with Gasteiger partial charge in [0, 0.05) is 51.5 Å². The molecule has 0 saturated heterocycles. The molecule has 5 aromatic rings. The maximum Gasteiger partial charge on any atom is 0.0732 e. The van der Waals surface area contributed by atoms with E-state index in [1.54, 1.807) is 0 Å². The molecule has 0 aliphatic carbocycles. The van der Waals surface area contributed by atoms with Gasteiger partial charge < -0.3 is 14.9 Å². The van der Waals surface area contributed by atoms with Crippen LogP contribution in [0.4, 0.5) is 0 Å². The summed E-state index contributed by atoms with van der Waals surface area (Å²) in [6, 6.07) is 24.6. The topological polar surface area (TPSA) is 32.8 Å². The highest BCUT2D eigenvalue weighted by atomic mass is 35.5. The lowest BCUT2D eigenvalue weighted by molar-refractivity contribution is 0.561. The molecule has 3 nitrogen and oxygen atoms in total. The lowest BCUT2D eigenvalue weighted by atomic mass is 9.93. The third-order valence-corrected chi connectivity index (χ3v) is 6.30. The largest absolute Gasteiger partial charge is 0.357 e. The number of para-hydroxylation sites is 2. The number of hydrogen-bond donors (Lipinski definition) is 2. The van der Waals surface area contributed by atoms with Gasteiger partial charge in [-0.2, -0.15) is 0 Å². The molecule has 0 bridgehead atoms. The van der Waals surface area contributed by atoms with Crippen LogP contribution >= 0.6 is 12.4 Å². The lowest BCUT2D eigenvalue weighted by Gasteiger charge is -2.25. The van der Waals surface area contributed by atoms with Crippen molar-refractivity contribution in [3.63, 3.8) is 0 Å². The molecule has 0 radical (unpaired) electrons.